The maximum atomic E-state index is 13.9. The second kappa shape index (κ2) is 8.44. The molecular formula is C18H17F6N3O2. The maximum Gasteiger partial charge on any atom is 0.401 e. The number of carbonyl (C=O) groups is 1. The first-order chi connectivity index (χ1) is 13.6. The molecule has 2 N–H and O–H groups in total. The Morgan fingerprint density at radius 1 is 1.21 bits per heavy atom. The standard InChI is InChI=1S/C18H17F6N3O2/c19-13-4-9-3-10(7-25-14(9)6-15(13)29-17(20)21)16(28)27-12-2-1-11(5-12)26-8-18(22,23)24/h3-4,6-7,11-12,17,26H,1-2,5,8H2,(H,27,28). The van der Waals surface area contributed by atoms with Gasteiger partial charge >= 0.3 is 12.8 Å². The van der Waals surface area contributed by atoms with Gasteiger partial charge in [-0.15, -0.1) is 0 Å². The number of alkyl halides is 5. The van der Waals surface area contributed by atoms with E-state index in [2.05, 4.69) is 20.4 Å². The Morgan fingerprint density at radius 3 is 2.62 bits per heavy atom. The predicted octanol–water partition coefficient (Wildman–Crippen LogP) is 3.78. The molecule has 1 saturated carbocycles. The van der Waals surface area contributed by atoms with Crippen molar-refractivity contribution in [3.63, 3.8) is 0 Å². The summed E-state index contributed by atoms with van der Waals surface area (Å²) in [7, 11) is 0. The summed E-state index contributed by atoms with van der Waals surface area (Å²) in [6, 6.07) is 2.64. The number of hydrogen-bond acceptors (Lipinski definition) is 4. The summed E-state index contributed by atoms with van der Waals surface area (Å²) >= 11 is 0. The van der Waals surface area contributed by atoms with Gasteiger partial charge in [0.15, 0.2) is 11.6 Å². The third kappa shape index (κ3) is 5.72. The van der Waals surface area contributed by atoms with Crippen LogP contribution in [0.25, 0.3) is 10.9 Å². The van der Waals surface area contributed by atoms with Crippen LogP contribution in [-0.4, -0.2) is 42.3 Å². The van der Waals surface area contributed by atoms with Crippen LogP contribution in [0.2, 0.25) is 0 Å². The fourth-order valence-corrected chi connectivity index (χ4v) is 3.27. The number of ether oxygens (including phenoxy) is 1. The third-order valence-corrected chi connectivity index (χ3v) is 4.57. The van der Waals surface area contributed by atoms with Crippen LogP contribution in [0.3, 0.4) is 0 Å². The minimum Gasteiger partial charge on any atom is -0.432 e. The molecule has 2 aromatic rings. The second-order valence-electron chi connectivity index (χ2n) is 6.75. The Hall–Kier alpha value is -2.56. The summed E-state index contributed by atoms with van der Waals surface area (Å²) in [6.45, 7) is -4.27. The van der Waals surface area contributed by atoms with Gasteiger partial charge in [-0.3, -0.25) is 9.78 Å². The van der Waals surface area contributed by atoms with Gasteiger partial charge in [0.1, 0.15) is 0 Å². The lowest BCUT2D eigenvalue weighted by Gasteiger charge is -2.16. The van der Waals surface area contributed by atoms with Crippen molar-refractivity contribution in [3.8, 4) is 5.75 Å². The summed E-state index contributed by atoms with van der Waals surface area (Å²) in [5, 5.41) is 5.36. The van der Waals surface area contributed by atoms with Crippen molar-refractivity contribution in [1.29, 1.82) is 0 Å². The molecule has 29 heavy (non-hydrogen) atoms. The largest absolute Gasteiger partial charge is 0.432 e. The van der Waals surface area contributed by atoms with Gasteiger partial charge in [0.25, 0.3) is 5.91 Å². The van der Waals surface area contributed by atoms with Gasteiger partial charge in [-0.2, -0.15) is 22.0 Å². The van der Waals surface area contributed by atoms with Crippen LogP contribution in [0.15, 0.2) is 24.4 Å². The Bertz CT molecular complexity index is 890. The van der Waals surface area contributed by atoms with Crippen LogP contribution >= 0.6 is 0 Å². The first-order valence-electron chi connectivity index (χ1n) is 8.76. The monoisotopic (exact) mass is 421 g/mol. The van der Waals surface area contributed by atoms with Gasteiger partial charge in [-0.1, -0.05) is 0 Å². The number of rotatable bonds is 6. The topological polar surface area (TPSA) is 63.2 Å². The fourth-order valence-electron chi connectivity index (χ4n) is 3.27. The average Bonchev–Trinajstić information content (AvgIpc) is 3.06. The quantitative estimate of drug-likeness (QED) is 0.697. The van der Waals surface area contributed by atoms with Gasteiger partial charge in [0, 0.05) is 29.7 Å². The number of amides is 1. The summed E-state index contributed by atoms with van der Waals surface area (Å²) in [5.41, 5.74) is 0.280. The lowest BCUT2D eigenvalue weighted by atomic mass is 10.1. The van der Waals surface area contributed by atoms with E-state index in [9.17, 15) is 31.1 Å². The zero-order valence-corrected chi connectivity index (χ0v) is 14.9. The molecule has 0 aliphatic heterocycles. The highest BCUT2D eigenvalue weighted by Gasteiger charge is 2.31. The van der Waals surface area contributed by atoms with Gasteiger partial charge in [-0.05, 0) is 31.4 Å². The van der Waals surface area contributed by atoms with E-state index in [1.54, 1.807) is 0 Å². The molecule has 0 saturated heterocycles. The van der Waals surface area contributed by atoms with E-state index in [1.807, 2.05) is 0 Å². The third-order valence-electron chi connectivity index (χ3n) is 4.57. The van der Waals surface area contributed by atoms with E-state index in [0.717, 1.165) is 12.1 Å². The van der Waals surface area contributed by atoms with Crippen LogP contribution < -0.4 is 15.4 Å². The van der Waals surface area contributed by atoms with Crippen LogP contribution in [0.5, 0.6) is 5.75 Å². The van der Waals surface area contributed by atoms with Crippen LogP contribution in [-0.2, 0) is 0 Å². The molecule has 2 unspecified atom stereocenters. The van der Waals surface area contributed by atoms with E-state index < -0.39 is 36.8 Å². The summed E-state index contributed by atoms with van der Waals surface area (Å²) < 4.78 is 79.3. The molecule has 0 radical (unpaired) electrons. The van der Waals surface area contributed by atoms with E-state index in [0.29, 0.717) is 19.3 Å². The normalized spacial score (nSPS) is 19.7. The summed E-state index contributed by atoms with van der Waals surface area (Å²) in [4.78, 5) is 16.4. The molecule has 2 atom stereocenters. The SMILES string of the molecule is O=C(NC1CCC(NCC(F)(F)F)C1)c1cnc2cc(OC(F)F)c(F)cc2c1. The summed E-state index contributed by atoms with van der Waals surface area (Å²) in [6.07, 6.45) is -1.73. The van der Waals surface area contributed by atoms with Crippen LogP contribution in [0.1, 0.15) is 29.6 Å². The zero-order chi connectivity index (χ0) is 21.2. The van der Waals surface area contributed by atoms with Gasteiger partial charge in [0.2, 0.25) is 0 Å². The van der Waals surface area contributed by atoms with Crippen LogP contribution in [0, 0.1) is 5.82 Å². The Labute approximate surface area is 161 Å². The van der Waals surface area contributed by atoms with Crippen molar-refractivity contribution < 1.29 is 35.9 Å². The molecule has 5 nitrogen and oxygen atoms in total. The molecule has 1 amide bonds. The molecule has 158 valence electrons. The van der Waals surface area contributed by atoms with E-state index in [4.69, 9.17) is 0 Å². The second-order valence-corrected chi connectivity index (χ2v) is 6.75. The van der Waals surface area contributed by atoms with Gasteiger partial charge in [0.05, 0.1) is 17.6 Å². The lowest BCUT2D eigenvalue weighted by molar-refractivity contribution is -0.126. The van der Waals surface area contributed by atoms with Crippen LogP contribution in [0.4, 0.5) is 26.3 Å². The van der Waals surface area contributed by atoms with Crippen molar-refractivity contribution in [2.45, 2.75) is 44.1 Å². The van der Waals surface area contributed by atoms with E-state index >= 15 is 0 Å². The molecule has 1 aliphatic carbocycles. The van der Waals surface area contributed by atoms with Crippen molar-refractivity contribution in [1.82, 2.24) is 15.6 Å². The zero-order valence-electron chi connectivity index (χ0n) is 14.9. The number of carbonyl (C=O) groups excluding carboxylic acids is 1. The van der Waals surface area contributed by atoms with Crippen molar-refractivity contribution in [3.05, 3.63) is 35.8 Å². The van der Waals surface area contributed by atoms with Gasteiger partial charge < -0.3 is 15.4 Å². The highest BCUT2D eigenvalue weighted by Crippen LogP contribution is 2.26. The first-order valence-corrected chi connectivity index (χ1v) is 8.76. The predicted molar refractivity (Wildman–Crippen MR) is 91.3 cm³/mol. The number of aromatic nitrogens is 1. The molecule has 0 bridgehead atoms. The molecule has 1 aromatic carbocycles. The van der Waals surface area contributed by atoms with Gasteiger partial charge in [-0.25, -0.2) is 4.39 Å². The average molecular weight is 421 g/mol. The van der Waals surface area contributed by atoms with E-state index in [-0.39, 0.29) is 28.6 Å². The maximum absolute atomic E-state index is 13.9. The fraction of sp³-hybridized carbons (Fsp3) is 0.444. The number of benzene rings is 1. The Morgan fingerprint density at radius 2 is 1.93 bits per heavy atom. The first kappa shape index (κ1) is 21.2. The molecule has 1 aliphatic rings. The number of fused-ring (bicyclic) bond motifs is 1. The molecular weight excluding hydrogens is 404 g/mol. The highest BCUT2D eigenvalue weighted by molar-refractivity contribution is 5.97. The molecule has 1 fully saturated rings. The minimum atomic E-state index is -4.30. The van der Waals surface area contributed by atoms with E-state index in [1.165, 1.54) is 12.3 Å². The Kier molecular flexibility index (Phi) is 6.15. The number of hydrogen-bond donors (Lipinski definition) is 2. The van der Waals surface area contributed by atoms with Crippen molar-refractivity contribution >= 4 is 16.8 Å². The number of nitrogens with one attached hydrogen (secondary N) is 2. The molecule has 0 spiro atoms. The molecule has 3 rings (SSSR count). The molecule has 1 aromatic heterocycles. The van der Waals surface area contributed by atoms with Crippen molar-refractivity contribution in [2.24, 2.45) is 0 Å². The number of nitrogens with zero attached hydrogens (tertiary/aromatic N) is 1. The van der Waals surface area contributed by atoms with Crippen molar-refractivity contribution in [2.75, 3.05) is 6.54 Å². The molecule has 1 heterocycles. The Balaban J connectivity index is 1.64. The lowest BCUT2D eigenvalue weighted by Crippen LogP contribution is -2.38. The highest BCUT2D eigenvalue weighted by atomic mass is 19.4. The number of pyridine rings is 1. The summed E-state index contributed by atoms with van der Waals surface area (Å²) in [5.74, 6) is -2.18. The molecule has 11 heteroatoms. The minimum absolute atomic E-state index is 0.117. The smallest absolute Gasteiger partial charge is 0.401 e. The number of halogens is 6.